The Balaban J connectivity index is 1.96. The van der Waals surface area contributed by atoms with Gasteiger partial charge in [0.1, 0.15) is 5.69 Å². The van der Waals surface area contributed by atoms with Gasteiger partial charge in [-0.25, -0.2) is 0 Å². The number of nitrogens with one attached hydrogen (secondary N) is 1. The second-order valence-electron chi connectivity index (χ2n) is 3.72. The van der Waals surface area contributed by atoms with Gasteiger partial charge in [0.2, 0.25) is 0 Å². The first-order valence-electron chi connectivity index (χ1n) is 5.44. The molecule has 0 radical (unpaired) electrons. The molecule has 1 saturated heterocycles. The van der Waals surface area contributed by atoms with Gasteiger partial charge in [-0.1, -0.05) is 12.1 Å². The molecule has 2 rings (SSSR count). The number of rotatable bonds is 4. The lowest BCUT2D eigenvalue weighted by molar-refractivity contribution is -0.384. The molecule has 0 aliphatic carbocycles. The van der Waals surface area contributed by atoms with Crippen molar-refractivity contribution in [3.8, 4) is 0 Å². The van der Waals surface area contributed by atoms with Crippen molar-refractivity contribution >= 4 is 34.9 Å². The molecule has 1 aromatic carbocycles. The number of benzene rings is 1. The van der Waals surface area contributed by atoms with E-state index in [0.29, 0.717) is 10.9 Å². The quantitative estimate of drug-likeness (QED) is 0.673. The van der Waals surface area contributed by atoms with Crippen molar-refractivity contribution in [2.75, 3.05) is 29.1 Å². The normalized spacial score (nSPS) is 19.9. The molecule has 0 bridgehead atoms. The van der Waals surface area contributed by atoms with Crippen molar-refractivity contribution in [1.82, 2.24) is 0 Å². The molecule has 6 heteroatoms. The summed E-state index contributed by atoms with van der Waals surface area (Å²) in [4.78, 5) is 10.5. The van der Waals surface area contributed by atoms with Gasteiger partial charge < -0.3 is 5.32 Å². The second kappa shape index (κ2) is 6.16. The fourth-order valence-electron chi connectivity index (χ4n) is 1.66. The Morgan fingerprint density at radius 3 is 2.94 bits per heavy atom. The molecule has 4 nitrogen and oxygen atoms in total. The van der Waals surface area contributed by atoms with Crippen LogP contribution >= 0.6 is 23.5 Å². The van der Waals surface area contributed by atoms with Crippen LogP contribution in [0.2, 0.25) is 0 Å². The Bertz CT molecular complexity index is 395. The van der Waals surface area contributed by atoms with Crippen LogP contribution in [0.15, 0.2) is 24.3 Å². The Labute approximate surface area is 109 Å². The minimum atomic E-state index is -0.342. The summed E-state index contributed by atoms with van der Waals surface area (Å²) in [5.74, 6) is 3.51. The van der Waals surface area contributed by atoms with Gasteiger partial charge in [0.05, 0.1) is 4.92 Å². The predicted molar refractivity (Wildman–Crippen MR) is 75.2 cm³/mol. The molecule has 1 N–H and O–H groups in total. The number of nitro benzene ring substituents is 1. The maximum absolute atomic E-state index is 10.8. The molecule has 0 saturated carbocycles. The van der Waals surface area contributed by atoms with E-state index in [1.807, 2.05) is 29.6 Å². The lowest BCUT2D eigenvalue weighted by Gasteiger charge is -2.21. The fraction of sp³-hybridized carbons (Fsp3) is 0.455. The summed E-state index contributed by atoms with van der Waals surface area (Å²) in [6.45, 7) is 0.794. The van der Waals surface area contributed by atoms with Crippen molar-refractivity contribution < 1.29 is 4.92 Å². The topological polar surface area (TPSA) is 55.2 Å². The van der Waals surface area contributed by atoms with Gasteiger partial charge in [0.15, 0.2) is 0 Å². The van der Waals surface area contributed by atoms with Crippen LogP contribution in [-0.2, 0) is 0 Å². The summed E-state index contributed by atoms with van der Waals surface area (Å²) >= 11 is 3.90. The molecule has 0 aromatic heterocycles. The molecule has 92 valence electrons. The zero-order valence-corrected chi connectivity index (χ0v) is 10.9. The van der Waals surface area contributed by atoms with Gasteiger partial charge in [-0.2, -0.15) is 23.5 Å². The molecule has 1 fully saturated rings. The Morgan fingerprint density at radius 2 is 2.24 bits per heavy atom. The van der Waals surface area contributed by atoms with Crippen molar-refractivity contribution in [3.63, 3.8) is 0 Å². The number of nitrogens with zero attached hydrogens (tertiary/aromatic N) is 1. The molecule has 0 amide bonds. The standard InChI is InChI=1S/C11H14N2O2S2/c14-13(15)11-4-2-1-3-10(11)12-7-9-8-16-5-6-17-9/h1-4,9,12H,5-8H2. The maximum atomic E-state index is 10.8. The Hall–Kier alpha value is -0.880. The summed E-state index contributed by atoms with van der Waals surface area (Å²) in [5, 5.41) is 14.6. The molecule has 17 heavy (non-hydrogen) atoms. The number of thioether (sulfide) groups is 2. The first-order valence-corrected chi connectivity index (χ1v) is 7.64. The largest absolute Gasteiger partial charge is 0.378 e. The smallest absolute Gasteiger partial charge is 0.292 e. The highest BCUT2D eigenvalue weighted by molar-refractivity contribution is 8.06. The highest BCUT2D eigenvalue weighted by Crippen LogP contribution is 2.27. The van der Waals surface area contributed by atoms with Crippen LogP contribution in [0.4, 0.5) is 11.4 Å². The first kappa shape index (κ1) is 12.6. The van der Waals surface area contributed by atoms with Gasteiger partial charge >= 0.3 is 0 Å². The highest BCUT2D eigenvalue weighted by Gasteiger charge is 2.16. The molecular formula is C11H14N2O2S2. The van der Waals surface area contributed by atoms with Gasteiger partial charge in [-0.15, -0.1) is 0 Å². The van der Waals surface area contributed by atoms with E-state index in [-0.39, 0.29) is 10.6 Å². The van der Waals surface area contributed by atoms with Gasteiger partial charge in [0.25, 0.3) is 5.69 Å². The van der Waals surface area contributed by atoms with Crippen molar-refractivity contribution in [3.05, 3.63) is 34.4 Å². The van der Waals surface area contributed by atoms with Gasteiger partial charge in [0, 0.05) is 35.1 Å². The summed E-state index contributed by atoms with van der Waals surface area (Å²) in [6.07, 6.45) is 0. The van der Waals surface area contributed by atoms with Crippen LogP contribution in [0.25, 0.3) is 0 Å². The molecular weight excluding hydrogens is 256 g/mol. The molecule has 1 aliphatic heterocycles. The Kier molecular flexibility index (Phi) is 4.56. The first-order chi connectivity index (χ1) is 8.27. The number of para-hydroxylation sites is 2. The summed E-state index contributed by atoms with van der Waals surface area (Å²) in [6, 6.07) is 6.80. The number of anilines is 1. The minimum Gasteiger partial charge on any atom is -0.378 e. The van der Waals surface area contributed by atoms with Crippen LogP contribution in [0.3, 0.4) is 0 Å². The lowest BCUT2D eigenvalue weighted by Crippen LogP contribution is -2.23. The van der Waals surface area contributed by atoms with E-state index in [0.717, 1.165) is 12.3 Å². The maximum Gasteiger partial charge on any atom is 0.292 e. The van der Waals surface area contributed by atoms with Crippen molar-refractivity contribution in [2.45, 2.75) is 5.25 Å². The van der Waals surface area contributed by atoms with Crippen LogP contribution in [0.1, 0.15) is 0 Å². The second-order valence-corrected chi connectivity index (χ2v) is 6.28. The molecule has 1 heterocycles. The van der Waals surface area contributed by atoms with Crippen LogP contribution in [-0.4, -0.2) is 34.0 Å². The summed E-state index contributed by atoms with van der Waals surface area (Å²) in [7, 11) is 0. The Morgan fingerprint density at radius 1 is 1.41 bits per heavy atom. The minimum absolute atomic E-state index is 0.154. The fourth-order valence-corrected chi connectivity index (χ4v) is 4.27. The third-order valence-corrected chi connectivity index (χ3v) is 5.35. The van der Waals surface area contributed by atoms with E-state index in [1.165, 1.54) is 17.6 Å². The zero-order chi connectivity index (χ0) is 12.1. The predicted octanol–water partition coefficient (Wildman–Crippen LogP) is 2.86. The van der Waals surface area contributed by atoms with Crippen molar-refractivity contribution in [2.24, 2.45) is 0 Å². The van der Waals surface area contributed by atoms with E-state index in [2.05, 4.69) is 5.32 Å². The number of hydrogen-bond acceptors (Lipinski definition) is 5. The molecule has 1 atom stereocenters. The monoisotopic (exact) mass is 270 g/mol. The van der Waals surface area contributed by atoms with Crippen LogP contribution in [0, 0.1) is 10.1 Å². The SMILES string of the molecule is O=[N+]([O-])c1ccccc1NCC1CSCCS1. The average Bonchev–Trinajstić information content (AvgIpc) is 2.38. The van der Waals surface area contributed by atoms with Crippen LogP contribution in [0.5, 0.6) is 0 Å². The van der Waals surface area contributed by atoms with E-state index in [9.17, 15) is 10.1 Å². The molecule has 1 aromatic rings. The van der Waals surface area contributed by atoms with E-state index in [4.69, 9.17) is 0 Å². The van der Waals surface area contributed by atoms with Gasteiger partial charge in [-0.05, 0) is 6.07 Å². The zero-order valence-electron chi connectivity index (χ0n) is 9.30. The third kappa shape index (κ3) is 3.54. The molecule has 0 spiro atoms. The van der Waals surface area contributed by atoms with E-state index in [1.54, 1.807) is 12.1 Å². The average molecular weight is 270 g/mol. The number of nitro groups is 1. The van der Waals surface area contributed by atoms with Gasteiger partial charge in [-0.3, -0.25) is 10.1 Å². The van der Waals surface area contributed by atoms with Crippen molar-refractivity contribution in [1.29, 1.82) is 0 Å². The number of hydrogen-bond donors (Lipinski definition) is 1. The van der Waals surface area contributed by atoms with Crippen LogP contribution < -0.4 is 5.32 Å². The van der Waals surface area contributed by atoms with E-state index >= 15 is 0 Å². The lowest BCUT2D eigenvalue weighted by atomic mass is 10.2. The molecule has 1 aliphatic rings. The third-order valence-electron chi connectivity index (χ3n) is 2.51. The summed E-state index contributed by atoms with van der Waals surface area (Å²) in [5.41, 5.74) is 0.773. The van der Waals surface area contributed by atoms with E-state index < -0.39 is 0 Å². The highest BCUT2D eigenvalue weighted by atomic mass is 32.2. The summed E-state index contributed by atoms with van der Waals surface area (Å²) < 4.78 is 0. The molecule has 1 unspecified atom stereocenters.